The van der Waals surface area contributed by atoms with Crippen molar-refractivity contribution >= 4 is 28.7 Å². The number of nitrogens with zero attached hydrogens (tertiary/aromatic N) is 2. The van der Waals surface area contributed by atoms with Crippen LogP contribution in [0.3, 0.4) is 0 Å². The van der Waals surface area contributed by atoms with Gasteiger partial charge in [-0.2, -0.15) is 5.26 Å². The Morgan fingerprint density at radius 3 is 2.61 bits per heavy atom. The lowest BCUT2D eigenvalue weighted by molar-refractivity contribution is -0.124. The molecule has 0 aliphatic heterocycles. The van der Waals surface area contributed by atoms with Gasteiger partial charge in [0, 0.05) is 21.9 Å². The number of carbonyl (C=O) groups is 1. The molecule has 3 rings (SSSR count). The standard InChI is InChI=1S/C18H17ClN2OS/c19-14-8-6-12(7-9-14)16-11-23-18(21-16)15(10-20)17(22)13-4-2-1-3-5-13/h6-9,11,13,15H,1-5H2. The van der Waals surface area contributed by atoms with Crippen LogP contribution in [0.25, 0.3) is 11.3 Å². The lowest BCUT2D eigenvalue weighted by atomic mass is 9.82. The van der Waals surface area contributed by atoms with Gasteiger partial charge in [0.05, 0.1) is 11.8 Å². The largest absolute Gasteiger partial charge is 0.297 e. The van der Waals surface area contributed by atoms with Crippen molar-refractivity contribution in [3.63, 3.8) is 0 Å². The predicted octanol–water partition coefficient (Wildman–Crippen LogP) is 5.22. The van der Waals surface area contributed by atoms with Crippen molar-refractivity contribution in [1.82, 2.24) is 4.98 Å². The third-order valence-corrected chi connectivity index (χ3v) is 5.49. The molecule has 1 aliphatic carbocycles. The molecule has 1 atom stereocenters. The van der Waals surface area contributed by atoms with Gasteiger partial charge in [0.15, 0.2) is 11.7 Å². The molecule has 0 N–H and O–H groups in total. The smallest absolute Gasteiger partial charge is 0.160 e. The summed E-state index contributed by atoms with van der Waals surface area (Å²) in [6.45, 7) is 0. The molecule has 2 aromatic rings. The van der Waals surface area contributed by atoms with Crippen molar-refractivity contribution in [1.29, 1.82) is 5.26 Å². The summed E-state index contributed by atoms with van der Waals surface area (Å²) in [5.41, 5.74) is 1.73. The minimum Gasteiger partial charge on any atom is -0.297 e. The van der Waals surface area contributed by atoms with Gasteiger partial charge in [0.1, 0.15) is 5.01 Å². The number of halogens is 1. The van der Waals surface area contributed by atoms with E-state index in [-0.39, 0.29) is 11.7 Å². The molecule has 23 heavy (non-hydrogen) atoms. The molecule has 1 aliphatic rings. The number of hydrogen-bond acceptors (Lipinski definition) is 4. The Morgan fingerprint density at radius 1 is 1.26 bits per heavy atom. The summed E-state index contributed by atoms with van der Waals surface area (Å²) < 4.78 is 0. The molecule has 1 heterocycles. The molecule has 118 valence electrons. The van der Waals surface area contributed by atoms with Gasteiger partial charge < -0.3 is 0 Å². The van der Waals surface area contributed by atoms with Gasteiger partial charge in [-0.15, -0.1) is 11.3 Å². The van der Waals surface area contributed by atoms with Crippen LogP contribution in [0.1, 0.15) is 43.0 Å². The van der Waals surface area contributed by atoms with Crippen molar-refractivity contribution in [3.05, 3.63) is 39.7 Å². The van der Waals surface area contributed by atoms with E-state index in [0.717, 1.165) is 36.9 Å². The lowest BCUT2D eigenvalue weighted by Gasteiger charge is -2.21. The number of nitriles is 1. The Labute approximate surface area is 144 Å². The highest BCUT2D eigenvalue weighted by atomic mass is 35.5. The van der Waals surface area contributed by atoms with Crippen LogP contribution < -0.4 is 0 Å². The van der Waals surface area contributed by atoms with Crippen LogP contribution >= 0.6 is 22.9 Å². The van der Waals surface area contributed by atoms with Gasteiger partial charge in [0.2, 0.25) is 0 Å². The monoisotopic (exact) mass is 344 g/mol. The van der Waals surface area contributed by atoms with Crippen molar-refractivity contribution in [3.8, 4) is 17.3 Å². The maximum absolute atomic E-state index is 12.6. The van der Waals surface area contributed by atoms with Crippen LogP contribution in [-0.2, 0) is 4.79 Å². The van der Waals surface area contributed by atoms with Crippen molar-refractivity contribution in [2.45, 2.75) is 38.0 Å². The maximum Gasteiger partial charge on any atom is 0.160 e. The van der Waals surface area contributed by atoms with E-state index in [1.807, 2.05) is 29.6 Å². The van der Waals surface area contributed by atoms with Crippen LogP contribution in [0.5, 0.6) is 0 Å². The second kappa shape index (κ2) is 7.25. The number of hydrogen-bond donors (Lipinski definition) is 0. The second-order valence-electron chi connectivity index (χ2n) is 5.88. The first-order valence-electron chi connectivity index (χ1n) is 7.83. The molecule has 3 nitrogen and oxygen atoms in total. The molecular formula is C18H17ClN2OS. The number of aromatic nitrogens is 1. The molecule has 5 heteroatoms. The van der Waals surface area contributed by atoms with Gasteiger partial charge in [-0.25, -0.2) is 4.98 Å². The molecule has 0 amide bonds. The maximum atomic E-state index is 12.6. The Hall–Kier alpha value is -1.70. The Kier molecular flexibility index (Phi) is 5.09. The highest BCUT2D eigenvalue weighted by Gasteiger charge is 2.31. The molecule has 0 saturated heterocycles. The molecular weight excluding hydrogens is 328 g/mol. The van der Waals surface area contributed by atoms with Crippen molar-refractivity contribution < 1.29 is 4.79 Å². The van der Waals surface area contributed by atoms with E-state index in [9.17, 15) is 10.1 Å². The summed E-state index contributed by atoms with van der Waals surface area (Å²) >= 11 is 7.29. The van der Waals surface area contributed by atoms with E-state index in [4.69, 9.17) is 11.6 Å². The molecule has 1 saturated carbocycles. The normalized spacial score (nSPS) is 16.7. The van der Waals surface area contributed by atoms with Crippen LogP contribution in [0.4, 0.5) is 0 Å². The van der Waals surface area contributed by atoms with E-state index >= 15 is 0 Å². The van der Waals surface area contributed by atoms with Crippen LogP contribution in [0, 0.1) is 17.2 Å². The molecule has 1 aromatic carbocycles. The van der Waals surface area contributed by atoms with Crippen LogP contribution in [-0.4, -0.2) is 10.8 Å². The van der Waals surface area contributed by atoms with Gasteiger partial charge in [-0.3, -0.25) is 4.79 Å². The number of benzene rings is 1. The first-order valence-corrected chi connectivity index (χ1v) is 9.09. The van der Waals surface area contributed by atoms with Gasteiger partial charge in [0.25, 0.3) is 0 Å². The van der Waals surface area contributed by atoms with Crippen LogP contribution in [0.2, 0.25) is 5.02 Å². The van der Waals surface area contributed by atoms with Crippen molar-refractivity contribution in [2.75, 3.05) is 0 Å². The first-order chi connectivity index (χ1) is 11.2. The fourth-order valence-corrected chi connectivity index (χ4v) is 4.04. The first kappa shape index (κ1) is 16.2. The third-order valence-electron chi connectivity index (χ3n) is 4.33. The minimum absolute atomic E-state index is 0.0243. The zero-order valence-electron chi connectivity index (χ0n) is 12.7. The molecule has 1 unspecified atom stereocenters. The Balaban J connectivity index is 1.81. The molecule has 0 bridgehead atoms. The number of carbonyl (C=O) groups excluding carboxylic acids is 1. The van der Waals surface area contributed by atoms with Gasteiger partial charge >= 0.3 is 0 Å². The third kappa shape index (κ3) is 3.63. The topological polar surface area (TPSA) is 53.8 Å². The van der Waals surface area contributed by atoms with E-state index in [0.29, 0.717) is 10.0 Å². The summed E-state index contributed by atoms with van der Waals surface area (Å²) in [4.78, 5) is 17.2. The average molecular weight is 345 g/mol. The van der Waals surface area contributed by atoms with E-state index in [1.165, 1.54) is 17.8 Å². The number of Topliss-reactive ketones (excluding diaryl/α,β-unsaturated/α-hetero) is 1. The zero-order valence-corrected chi connectivity index (χ0v) is 14.2. The van der Waals surface area contributed by atoms with Crippen molar-refractivity contribution in [2.24, 2.45) is 5.92 Å². The number of rotatable bonds is 4. The fraction of sp³-hybridized carbons (Fsp3) is 0.389. The quantitative estimate of drug-likeness (QED) is 0.764. The summed E-state index contributed by atoms with van der Waals surface area (Å²) in [6.07, 6.45) is 5.18. The lowest BCUT2D eigenvalue weighted by Crippen LogP contribution is -2.23. The number of thiazole rings is 1. The highest BCUT2D eigenvalue weighted by molar-refractivity contribution is 7.10. The van der Waals surface area contributed by atoms with Gasteiger partial charge in [-0.05, 0) is 25.0 Å². The molecule has 0 radical (unpaired) electrons. The average Bonchev–Trinajstić information content (AvgIpc) is 3.06. The SMILES string of the molecule is N#CC(C(=O)C1CCCCC1)c1nc(-c2ccc(Cl)cc2)cs1. The minimum atomic E-state index is -0.732. The van der Waals surface area contributed by atoms with E-state index < -0.39 is 5.92 Å². The van der Waals surface area contributed by atoms with E-state index in [2.05, 4.69) is 11.1 Å². The second-order valence-corrected chi connectivity index (χ2v) is 7.20. The summed E-state index contributed by atoms with van der Waals surface area (Å²) in [6, 6.07) is 9.58. The van der Waals surface area contributed by atoms with E-state index in [1.54, 1.807) is 0 Å². The molecule has 1 aromatic heterocycles. The summed E-state index contributed by atoms with van der Waals surface area (Å²) in [5.74, 6) is -0.662. The Morgan fingerprint density at radius 2 is 1.96 bits per heavy atom. The fourth-order valence-electron chi connectivity index (χ4n) is 3.04. The van der Waals surface area contributed by atoms with Crippen LogP contribution in [0.15, 0.2) is 29.6 Å². The number of ketones is 1. The molecule has 1 fully saturated rings. The van der Waals surface area contributed by atoms with Gasteiger partial charge in [-0.1, -0.05) is 43.0 Å². The zero-order chi connectivity index (χ0) is 16.2. The Bertz CT molecular complexity index is 726. The predicted molar refractivity (Wildman–Crippen MR) is 92.5 cm³/mol. The highest BCUT2D eigenvalue weighted by Crippen LogP contribution is 2.33. The summed E-state index contributed by atoms with van der Waals surface area (Å²) in [5, 5.41) is 12.7. The summed E-state index contributed by atoms with van der Waals surface area (Å²) in [7, 11) is 0. The molecule has 0 spiro atoms.